The number of aryl methyl sites for hydroxylation is 1. The standard InChI is InChI=1S/C26H30N6O2/c1-34-26(33)25(20-6-3-2-4-7-20)31-14-12-30(13-15-31)11-5-8-21-17-27-24-10-9-22(16-23(21)24)32-18-28-29-19-32/h2-4,6-7,9-10,16-19,25,27H,5,8,11-15H2,1H3. The summed E-state index contributed by atoms with van der Waals surface area (Å²) in [5.41, 5.74) is 4.54. The average molecular weight is 459 g/mol. The molecule has 1 atom stereocenters. The number of H-pyrrole nitrogens is 1. The number of benzene rings is 2. The van der Waals surface area contributed by atoms with Crippen LogP contribution in [0.3, 0.4) is 0 Å². The molecule has 4 aromatic rings. The first-order valence-corrected chi connectivity index (χ1v) is 11.8. The van der Waals surface area contributed by atoms with E-state index in [4.69, 9.17) is 4.74 Å². The number of ether oxygens (including phenoxy) is 1. The zero-order valence-corrected chi connectivity index (χ0v) is 19.4. The number of aromatic amines is 1. The maximum atomic E-state index is 12.5. The Kier molecular flexibility index (Phi) is 6.69. The fraction of sp³-hybridized carbons (Fsp3) is 0.346. The van der Waals surface area contributed by atoms with Gasteiger partial charge in [0.1, 0.15) is 18.7 Å². The molecule has 1 unspecified atom stereocenters. The number of hydrogen-bond donors (Lipinski definition) is 1. The van der Waals surface area contributed by atoms with Gasteiger partial charge in [-0.15, -0.1) is 10.2 Å². The Morgan fingerprint density at radius 1 is 1.06 bits per heavy atom. The number of esters is 1. The van der Waals surface area contributed by atoms with Gasteiger partial charge in [-0.1, -0.05) is 30.3 Å². The molecule has 0 spiro atoms. The molecule has 1 fully saturated rings. The molecule has 1 aliphatic heterocycles. The maximum absolute atomic E-state index is 12.5. The van der Waals surface area contributed by atoms with Crippen molar-refractivity contribution >= 4 is 16.9 Å². The van der Waals surface area contributed by atoms with Crippen molar-refractivity contribution in [3.05, 3.63) is 78.5 Å². The zero-order valence-electron chi connectivity index (χ0n) is 19.4. The molecule has 1 aliphatic rings. The fourth-order valence-electron chi connectivity index (χ4n) is 4.85. The van der Waals surface area contributed by atoms with Crippen LogP contribution in [0.25, 0.3) is 16.6 Å². The van der Waals surface area contributed by atoms with Gasteiger partial charge in [0, 0.05) is 49.0 Å². The van der Waals surface area contributed by atoms with Crippen molar-refractivity contribution in [1.82, 2.24) is 29.5 Å². The first kappa shape index (κ1) is 22.3. The van der Waals surface area contributed by atoms with Crippen LogP contribution < -0.4 is 0 Å². The number of rotatable bonds is 8. The third kappa shape index (κ3) is 4.73. The van der Waals surface area contributed by atoms with Gasteiger partial charge in [-0.2, -0.15) is 0 Å². The van der Waals surface area contributed by atoms with Crippen LogP contribution in [-0.4, -0.2) is 75.4 Å². The SMILES string of the molecule is COC(=O)C(c1ccccc1)N1CCN(CCCc2c[nH]c3ccc(-n4cnnc4)cc23)CC1. The van der Waals surface area contributed by atoms with E-state index in [1.54, 1.807) is 12.7 Å². The van der Waals surface area contributed by atoms with Crippen LogP contribution >= 0.6 is 0 Å². The van der Waals surface area contributed by atoms with Crippen LogP contribution in [0.1, 0.15) is 23.6 Å². The summed E-state index contributed by atoms with van der Waals surface area (Å²) in [7, 11) is 1.47. The molecule has 2 aromatic carbocycles. The first-order chi connectivity index (χ1) is 16.7. The van der Waals surface area contributed by atoms with Gasteiger partial charge in [0.25, 0.3) is 0 Å². The summed E-state index contributed by atoms with van der Waals surface area (Å²) in [4.78, 5) is 20.6. The molecule has 1 saturated heterocycles. The van der Waals surface area contributed by atoms with Gasteiger partial charge in [0.15, 0.2) is 0 Å². The number of fused-ring (bicyclic) bond motifs is 1. The Morgan fingerprint density at radius 3 is 2.56 bits per heavy atom. The molecule has 2 aromatic heterocycles. The zero-order chi connectivity index (χ0) is 23.3. The number of piperazine rings is 1. The van der Waals surface area contributed by atoms with Gasteiger partial charge >= 0.3 is 5.97 Å². The van der Waals surface area contributed by atoms with Crippen LogP contribution in [-0.2, 0) is 16.0 Å². The predicted molar refractivity (Wildman–Crippen MR) is 131 cm³/mol. The minimum absolute atomic E-state index is 0.190. The quantitative estimate of drug-likeness (QED) is 0.409. The molecule has 0 saturated carbocycles. The first-order valence-electron chi connectivity index (χ1n) is 11.8. The summed E-state index contributed by atoms with van der Waals surface area (Å²) < 4.78 is 7.04. The van der Waals surface area contributed by atoms with E-state index < -0.39 is 0 Å². The van der Waals surface area contributed by atoms with Crippen LogP contribution in [0, 0.1) is 0 Å². The molecule has 8 nitrogen and oxygen atoms in total. The normalized spacial score (nSPS) is 16.0. The van der Waals surface area contributed by atoms with Crippen molar-refractivity contribution in [1.29, 1.82) is 0 Å². The number of carbonyl (C=O) groups excluding carboxylic acids is 1. The summed E-state index contributed by atoms with van der Waals surface area (Å²) >= 11 is 0. The van der Waals surface area contributed by atoms with Crippen molar-refractivity contribution in [3.63, 3.8) is 0 Å². The second-order valence-electron chi connectivity index (χ2n) is 8.73. The molecule has 0 bridgehead atoms. The number of carbonyl (C=O) groups is 1. The lowest BCUT2D eigenvalue weighted by atomic mass is 10.0. The van der Waals surface area contributed by atoms with Gasteiger partial charge in [-0.25, -0.2) is 4.79 Å². The Bertz CT molecular complexity index is 1210. The highest BCUT2D eigenvalue weighted by molar-refractivity contribution is 5.85. The molecule has 5 rings (SSSR count). The highest BCUT2D eigenvalue weighted by Gasteiger charge is 2.31. The average Bonchev–Trinajstić information content (AvgIpc) is 3.56. The number of aromatic nitrogens is 4. The number of nitrogens with one attached hydrogen (secondary N) is 1. The Labute approximate surface area is 199 Å². The second kappa shape index (κ2) is 10.2. The topological polar surface area (TPSA) is 79.3 Å². The fourth-order valence-corrected chi connectivity index (χ4v) is 4.85. The number of methoxy groups -OCH3 is 1. The van der Waals surface area contributed by atoms with Gasteiger partial charge in [0.05, 0.1) is 7.11 Å². The van der Waals surface area contributed by atoms with E-state index in [9.17, 15) is 4.79 Å². The van der Waals surface area contributed by atoms with E-state index >= 15 is 0 Å². The molecule has 34 heavy (non-hydrogen) atoms. The maximum Gasteiger partial charge on any atom is 0.327 e. The minimum atomic E-state index is -0.334. The van der Waals surface area contributed by atoms with E-state index in [1.807, 2.05) is 34.9 Å². The molecular weight excluding hydrogens is 428 g/mol. The molecule has 8 heteroatoms. The van der Waals surface area contributed by atoms with E-state index in [2.05, 4.69) is 49.4 Å². The minimum Gasteiger partial charge on any atom is -0.468 e. The van der Waals surface area contributed by atoms with Gasteiger partial charge in [-0.05, 0) is 48.7 Å². The molecule has 0 radical (unpaired) electrons. The molecule has 0 aliphatic carbocycles. The highest BCUT2D eigenvalue weighted by Crippen LogP contribution is 2.25. The lowest BCUT2D eigenvalue weighted by Gasteiger charge is -2.38. The molecule has 1 N–H and O–H groups in total. The lowest BCUT2D eigenvalue weighted by Crippen LogP contribution is -2.49. The largest absolute Gasteiger partial charge is 0.468 e. The number of nitrogens with zero attached hydrogens (tertiary/aromatic N) is 5. The van der Waals surface area contributed by atoms with Crippen molar-refractivity contribution in [3.8, 4) is 5.69 Å². The van der Waals surface area contributed by atoms with Gasteiger partial charge < -0.3 is 14.6 Å². The summed E-state index contributed by atoms with van der Waals surface area (Å²) in [6.45, 7) is 4.64. The van der Waals surface area contributed by atoms with Crippen LogP contribution in [0.4, 0.5) is 0 Å². The van der Waals surface area contributed by atoms with E-state index in [1.165, 1.54) is 18.1 Å². The molecule has 3 heterocycles. The van der Waals surface area contributed by atoms with Crippen LogP contribution in [0.5, 0.6) is 0 Å². The second-order valence-corrected chi connectivity index (χ2v) is 8.73. The Morgan fingerprint density at radius 2 is 1.82 bits per heavy atom. The monoisotopic (exact) mass is 458 g/mol. The van der Waals surface area contributed by atoms with Crippen molar-refractivity contribution in [2.24, 2.45) is 0 Å². The van der Waals surface area contributed by atoms with Gasteiger partial charge in [-0.3, -0.25) is 9.47 Å². The summed E-state index contributed by atoms with van der Waals surface area (Å²) in [5, 5.41) is 9.07. The van der Waals surface area contributed by atoms with Crippen molar-refractivity contribution in [2.75, 3.05) is 39.8 Å². The third-order valence-electron chi connectivity index (χ3n) is 6.70. The van der Waals surface area contributed by atoms with Crippen LogP contribution in [0.2, 0.25) is 0 Å². The third-order valence-corrected chi connectivity index (χ3v) is 6.70. The summed E-state index contributed by atoms with van der Waals surface area (Å²) in [6.07, 6.45) is 7.66. The summed E-state index contributed by atoms with van der Waals surface area (Å²) in [5.74, 6) is -0.190. The summed E-state index contributed by atoms with van der Waals surface area (Å²) in [6, 6.07) is 16.0. The lowest BCUT2D eigenvalue weighted by molar-refractivity contribution is -0.148. The molecular formula is C26H30N6O2. The predicted octanol–water partition coefficient (Wildman–Crippen LogP) is 3.21. The highest BCUT2D eigenvalue weighted by atomic mass is 16.5. The van der Waals surface area contributed by atoms with Crippen molar-refractivity contribution in [2.45, 2.75) is 18.9 Å². The van der Waals surface area contributed by atoms with Crippen LogP contribution in [0.15, 0.2) is 67.4 Å². The van der Waals surface area contributed by atoms with E-state index in [-0.39, 0.29) is 12.0 Å². The van der Waals surface area contributed by atoms with Gasteiger partial charge in [0.2, 0.25) is 0 Å². The Hall–Kier alpha value is -3.49. The molecule has 176 valence electrons. The molecule has 0 amide bonds. The van der Waals surface area contributed by atoms with E-state index in [0.29, 0.717) is 0 Å². The van der Waals surface area contributed by atoms with E-state index in [0.717, 1.165) is 62.3 Å². The Balaban J connectivity index is 1.17. The smallest absolute Gasteiger partial charge is 0.327 e. The number of hydrogen-bond acceptors (Lipinski definition) is 6. The van der Waals surface area contributed by atoms with Crippen molar-refractivity contribution < 1.29 is 9.53 Å².